The lowest BCUT2D eigenvalue weighted by molar-refractivity contribution is 0.382. The maximum Gasteiger partial charge on any atom is 0.0752 e. The quantitative estimate of drug-likeness (QED) is 0.706. The van der Waals surface area contributed by atoms with Crippen molar-refractivity contribution in [3.05, 3.63) is 0 Å². The Kier molecular flexibility index (Phi) is 8.75. The predicted molar refractivity (Wildman–Crippen MR) is 63.5 cm³/mol. The van der Waals surface area contributed by atoms with Gasteiger partial charge in [-0.3, -0.25) is 5.32 Å². The van der Waals surface area contributed by atoms with Crippen molar-refractivity contribution in [1.82, 2.24) is 5.32 Å². The molecular formula is C10H17Cl2N. The van der Waals surface area contributed by atoms with Crippen molar-refractivity contribution in [3.8, 4) is 24.7 Å². The number of nitrogens with one attached hydrogen (secondary N) is 1. The van der Waals surface area contributed by atoms with Crippen molar-refractivity contribution < 1.29 is 0 Å². The summed E-state index contributed by atoms with van der Waals surface area (Å²) in [7, 11) is 0. The maximum absolute atomic E-state index is 5.29. The van der Waals surface area contributed by atoms with Gasteiger partial charge in [0.2, 0.25) is 0 Å². The molecule has 0 rings (SSSR count). The molecule has 0 aliphatic rings. The first-order chi connectivity index (χ1) is 4.83. The van der Waals surface area contributed by atoms with Gasteiger partial charge in [0.05, 0.1) is 11.1 Å². The number of hydrogen-bond donors (Lipinski definition) is 1. The molecule has 0 bridgehead atoms. The highest BCUT2D eigenvalue weighted by atomic mass is 35.5. The SMILES string of the molecule is C#CC(C)(C)NC(C)(C)C#C.Cl.Cl. The van der Waals surface area contributed by atoms with Crippen LogP contribution in [-0.4, -0.2) is 11.1 Å². The summed E-state index contributed by atoms with van der Waals surface area (Å²) in [6, 6.07) is 0. The Morgan fingerprint density at radius 1 is 0.846 bits per heavy atom. The van der Waals surface area contributed by atoms with Gasteiger partial charge in [0.15, 0.2) is 0 Å². The first kappa shape index (κ1) is 18.4. The van der Waals surface area contributed by atoms with E-state index in [2.05, 4.69) is 17.2 Å². The maximum atomic E-state index is 5.29. The van der Waals surface area contributed by atoms with Crippen LogP contribution in [0.1, 0.15) is 27.7 Å². The first-order valence-electron chi connectivity index (χ1n) is 3.58. The summed E-state index contributed by atoms with van der Waals surface area (Å²) in [5, 5.41) is 3.16. The highest BCUT2D eigenvalue weighted by molar-refractivity contribution is 5.85. The third kappa shape index (κ3) is 8.00. The Balaban J connectivity index is -0.000000500. The van der Waals surface area contributed by atoms with E-state index in [0.29, 0.717) is 0 Å². The van der Waals surface area contributed by atoms with Crippen molar-refractivity contribution in [3.63, 3.8) is 0 Å². The van der Waals surface area contributed by atoms with Crippen LogP contribution in [-0.2, 0) is 0 Å². The second kappa shape index (κ2) is 6.17. The van der Waals surface area contributed by atoms with Crippen molar-refractivity contribution in [1.29, 1.82) is 0 Å². The lowest BCUT2D eigenvalue weighted by Crippen LogP contribution is -2.50. The molecule has 0 aromatic rings. The van der Waals surface area contributed by atoms with E-state index in [0.717, 1.165) is 0 Å². The molecule has 0 fully saturated rings. The minimum Gasteiger partial charge on any atom is -0.286 e. The zero-order valence-corrected chi connectivity index (χ0v) is 10.1. The molecule has 0 radical (unpaired) electrons. The van der Waals surface area contributed by atoms with E-state index >= 15 is 0 Å². The summed E-state index contributed by atoms with van der Waals surface area (Å²) in [4.78, 5) is 0. The van der Waals surface area contributed by atoms with Crippen LogP contribution in [0.4, 0.5) is 0 Å². The highest BCUT2D eigenvalue weighted by Crippen LogP contribution is 2.08. The smallest absolute Gasteiger partial charge is 0.0752 e. The molecule has 1 nitrogen and oxygen atoms in total. The lowest BCUT2D eigenvalue weighted by atomic mass is 9.99. The Hall–Kier alpha value is -0.340. The van der Waals surface area contributed by atoms with Gasteiger partial charge in [-0.05, 0) is 27.7 Å². The van der Waals surface area contributed by atoms with Crippen LogP contribution >= 0.6 is 24.8 Å². The molecule has 13 heavy (non-hydrogen) atoms. The van der Waals surface area contributed by atoms with Gasteiger partial charge in [-0.2, -0.15) is 0 Å². The predicted octanol–water partition coefficient (Wildman–Crippen LogP) is 2.24. The summed E-state index contributed by atoms with van der Waals surface area (Å²) in [6.07, 6.45) is 10.6. The average Bonchev–Trinajstić information content (AvgIpc) is 1.86. The second-order valence-electron chi connectivity index (χ2n) is 3.66. The zero-order chi connectivity index (χ0) is 9.12. The highest BCUT2D eigenvalue weighted by Gasteiger charge is 2.23. The molecule has 0 heterocycles. The van der Waals surface area contributed by atoms with Crippen molar-refractivity contribution in [2.75, 3.05) is 0 Å². The molecule has 0 atom stereocenters. The Morgan fingerprint density at radius 2 is 1.08 bits per heavy atom. The van der Waals surface area contributed by atoms with E-state index in [1.165, 1.54) is 0 Å². The van der Waals surface area contributed by atoms with Crippen LogP contribution in [0.5, 0.6) is 0 Å². The first-order valence-corrected chi connectivity index (χ1v) is 3.58. The van der Waals surface area contributed by atoms with Crippen LogP contribution in [0.15, 0.2) is 0 Å². The molecule has 3 heteroatoms. The topological polar surface area (TPSA) is 12.0 Å². The molecule has 0 aromatic heterocycles. The normalized spacial score (nSPS) is 10.0. The van der Waals surface area contributed by atoms with Gasteiger partial charge in [0.25, 0.3) is 0 Å². The summed E-state index contributed by atoms with van der Waals surface area (Å²) in [5.74, 6) is 5.25. The van der Waals surface area contributed by atoms with Crippen molar-refractivity contribution in [2.24, 2.45) is 0 Å². The monoisotopic (exact) mass is 221 g/mol. The molecule has 0 spiro atoms. The molecule has 0 saturated carbocycles. The van der Waals surface area contributed by atoms with E-state index in [4.69, 9.17) is 12.8 Å². The molecular weight excluding hydrogens is 205 g/mol. The Morgan fingerprint density at radius 3 is 1.23 bits per heavy atom. The summed E-state index contributed by atoms with van der Waals surface area (Å²) >= 11 is 0. The third-order valence-corrected chi connectivity index (χ3v) is 1.35. The van der Waals surface area contributed by atoms with E-state index in [1.54, 1.807) is 0 Å². The fourth-order valence-corrected chi connectivity index (χ4v) is 0.853. The van der Waals surface area contributed by atoms with Crippen LogP contribution in [0, 0.1) is 24.7 Å². The van der Waals surface area contributed by atoms with Crippen LogP contribution in [0.3, 0.4) is 0 Å². The summed E-state index contributed by atoms with van der Waals surface area (Å²) < 4.78 is 0. The van der Waals surface area contributed by atoms with Crippen LogP contribution < -0.4 is 5.32 Å². The molecule has 76 valence electrons. The van der Waals surface area contributed by atoms with Crippen LogP contribution in [0.2, 0.25) is 0 Å². The van der Waals surface area contributed by atoms with Gasteiger partial charge in [-0.25, -0.2) is 0 Å². The fraction of sp³-hybridized carbons (Fsp3) is 0.600. The number of terminal acetylenes is 2. The molecule has 0 unspecified atom stereocenters. The summed E-state index contributed by atoms with van der Waals surface area (Å²) in [5.41, 5.74) is -0.675. The lowest BCUT2D eigenvalue weighted by Gasteiger charge is -2.29. The second-order valence-corrected chi connectivity index (χ2v) is 3.66. The minimum absolute atomic E-state index is 0. The zero-order valence-electron chi connectivity index (χ0n) is 8.47. The minimum atomic E-state index is -0.337. The molecule has 0 saturated heterocycles. The van der Waals surface area contributed by atoms with Gasteiger partial charge in [-0.15, -0.1) is 37.7 Å². The molecule has 0 amide bonds. The number of rotatable bonds is 2. The van der Waals surface area contributed by atoms with Gasteiger partial charge >= 0.3 is 0 Å². The van der Waals surface area contributed by atoms with Gasteiger partial charge < -0.3 is 0 Å². The van der Waals surface area contributed by atoms with Crippen LogP contribution in [0.25, 0.3) is 0 Å². The van der Waals surface area contributed by atoms with Crippen molar-refractivity contribution >= 4 is 24.8 Å². The largest absolute Gasteiger partial charge is 0.286 e. The number of hydrogen-bond acceptors (Lipinski definition) is 1. The van der Waals surface area contributed by atoms with E-state index in [1.807, 2.05) is 27.7 Å². The standard InChI is InChI=1S/C10H15N.2ClH/c1-7-9(3,4)11-10(5,6)8-2;;/h1-2,11H,3-6H3;2*1H. The van der Waals surface area contributed by atoms with E-state index in [9.17, 15) is 0 Å². The van der Waals surface area contributed by atoms with Crippen molar-refractivity contribution in [2.45, 2.75) is 38.8 Å². The molecule has 0 aliphatic heterocycles. The van der Waals surface area contributed by atoms with Gasteiger partial charge in [0, 0.05) is 0 Å². The third-order valence-electron chi connectivity index (χ3n) is 1.35. The Labute approximate surface area is 93.9 Å². The summed E-state index contributed by atoms with van der Waals surface area (Å²) in [6.45, 7) is 7.69. The Bertz CT molecular complexity index is 194. The van der Waals surface area contributed by atoms with Gasteiger partial charge in [0.1, 0.15) is 0 Å². The van der Waals surface area contributed by atoms with E-state index < -0.39 is 0 Å². The van der Waals surface area contributed by atoms with Gasteiger partial charge in [-0.1, -0.05) is 11.8 Å². The number of halogens is 2. The molecule has 0 aliphatic carbocycles. The van der Waals surface area contributed by atoms with E-state index in [-0.39, 0.29) is 35.9 Å². The molecule has 0 aromatic carbocycles. The fourth-order valence-electron chi connectivity index (χ4n) is 0.853. The molecule has 1 N–H and O–H groups in total. The average molecular weight is 222 g/mol.